The van der Waals surface area contributed by atoms with Crippen LogP contribution >= 0.6 is 0 Å². The van der Waals surface area contributed by atoms with E-state index < -0.39 is 0 Å². The average molecular weight is 187 g/mol. The third-order valence-corrected chi connectivity index (χ3v) is 3.49. The summed E-state index contributed by atoms with van der Waals surface area (Å²) in [6, 6.07) is 10.9. The summed E-state index contributed by atoms with van der Waals surface area (Å²) in [4.78, 5) is 11.3. The van der Waals surface area contributed by atoms with Crippen LogP contribution in [-0.2, 0) is 4.79 Å². The summed E-state index contributed by atoms with van der Waals surface area (Å²) in [6.45, 7) is 0. The second-order valence-electron chi connectivity index (χ2n) is 4.30. The molecule has 72 valence electrons. The fraction of sp³-hybridized carbons (Fsp3) is 0.417. The molecule has 1 aliphatic carbocycles. The lowest BCUT2D eigenvalue weighted by Crippen LogP contribution is -2.35. The highest BCUT2D eigenvalue weighted by Gasteiger charge is 2.45. The van der Waals surface area contributed by atoms with Crippen LogP contribution in [0.2, 0.25) is 0 Å². The van der Waals surface area contributed by atoms with E-state index in [1.165, 1.54) is 5.56 Å². The number of benzene rings is 1. The van der Waals surface area contributed by atoms with Gasteiger partial charge in [-0.1, -0.05) is 30.3 Å². The van der Waals surface area contributed by atoms with Crippen LogP contribution in [0.1, 0.15) is 24.3 Å². The Bertz CT molecular complexity index is 360. The first-order chi connectivity index (χ1) is 6.84. The van der Waals surface area contributed by atoms with E-state index in [1.807, 2.05) is 6.07 Å². The van der Waals surface area contributed by atoms with Crippen molar-refractivity contribution in [3.8, 4) is 0 Å². The van der Waals surface area contributed by atoms with E-state index in [9.17, 15) is 4.79 Å². The molecule has 1 amide bonds. The molecule has 1 saturated heterocycles. The number of fused-ring (bicyclic) bond motifs is 2. The summed E-state index contributed by atoms with van der Waals surface area (Å²) in [5, 5.41) is 3.06. The van der Waals surface area contributed by atoms with Crippen molar-refractivity contribution in [2.24, 2.45) is 5.92 Å². The molecule has 0 radical (unpaired) electrons. The molecule has 0 spiro atoms. The van der Waals surface area contributed by atoms with Crippen molar-refractivity contribution in [1.82, 2.24) is 5.32 Å². The van der Waals surface area contributed by atoms with Gasteiger partial charge in [-0.15, -0.1) is 0 Å². The van der Waals surface area contributed by atoms with Gasteiger partial charge in [-0.05, 0) is 18.4 Å². The van der Waals surface area contributed by atoms with Gasteiger partial charge in [-0.3, -0.25) is 4.79 Å². The van der Waals surface area contributed by atoms with Gasteiger partial charge in [-0.2, -0.15) is 0 Å². The van der Waals surface area contributed by atoms with Crippen LogP contribution in [0.25, 0.3) is 0 Å². The first kappa shape index (κ1) is 8.04. The zero-order chi connectivity index (χ0) is 9.54. The topological polar surface area (TPSA) is 29.1 Å². The Morgan fingerprint density at radius 1 is 1.14 bits per heavy atom. The summed E-state index contributed by atoms with van der Waals surface area (Å²) in [6.07, 6.45) is 2.08. The maximum atomic E-state index is 11.3. The average Bonchev–Trinajstić information content (AvgIpc) is 2.77. The Balaban J connectivity index is 1.87. The molecule has 2 nitrogen and oxygen atoms in total. The Hall–Kier alpha value is -1.31. The normalized spacial score (nSPS) is 34.6. The molecule has 2 heteroatoms. The maximum Gasteiger partial charge on any atom is 0.223 e. The monoisotopic (exact) mass is 187 g/mol. The van der Waals surface area contributed by atoms with Gasteiger partial charge >= 0.3 is 0 Å². The largest absolute Gasteiger partial charge is 0.352 e. The second kappa shape index (κ2) is 2.84. The van der Waals surface area contributed by atoms with Crippen molar-refractivity contribution < 1.29 is 4.79 Å². The van der Waals surface area contributed by atoms with Gasteiger partial charge < -0.3 is 5.32 Å². The van der Waals surface area contributed by atoms with Crippen molar-refractivity contribution in [3.63, 3.8) is 0 Å². The number of carbonyl (C=O) groups excluding carboxylic acids is 1. The third-order valence-electron chi connectivity index (χ3n) is 3.49. The number of carbonyl (C=O) groups is 1. The minimum atomic E-state index is 0.266. The van der Waals surface area contributed by atoms with Gasteiger partial charge in [0.15, 0.2) is 0 Å². The Morgan fingerprint density at radius 3 is 2.50 bits per heavy atom. The highest BCUT2D eigenvalue weighted by atomic mass is 16.2. The molecule has 0 unspecified atom stereocenters. The standard InChI is InChI=1S/C12H13NO/c14-12-9-6-10(11(7-9)13-12)8-4-2-1-3-5-8/h1-5,9-11H,6-7H2,(H,13,14)/t9-,10-,11+/m1/s1. The van der Waals surface area contributed by atoms with Gasteiger partial charge in [-0.25, -0.2) is 0 Å². The van der Waals surface area contributed by atoms with E-state index in [2.05, 4.69) is 29.6 Å². The fourth-order valence-corrected chi connectivity index (χ4v) is 2.78. The Morgan fingerprint density at radius 2 is 1.93 bits per heavy atom. The number of hydrogen-bond donors (Lipinski definition) is 1. The molecule has 1 heterocycles. The Labute approximate surface area is 83.3 Å². The Kier molecular flexibility index (Phi) is 1.63. The predicted octanol–water partition coefficient (Wildman–Crippen LogP) is 1.68. The van der Waals surface area contributed by atoms with E-state index in [0.29, 0.717) is 12.0 Å². The van der Waals surface area contributed by atoms with Crippen LogP contribution in [0.15, 0.2) is 30.3 Å². The summed E-state index contributed by atoms with van der Waals surface area (Å²) in [7, 11) is 0. The summed E-state index contributed by atoms with van der Waals surface area (Å²) in [5.41, 5.74) is 1.38. The van der Waals surface area contributed by atoms with Crippen LogP contribution in [0.3, 0.4) is 0 Å². The van der Waals surface area contributed by atoms with Crippen molar-refractivity contribution in [2.45, 2.75) is 24.8 Å². The molecule has 1 aliphatic heterocycles. The number of amides is 1. The number of hydrogen-bond acceptors (Lipinski definition) is 1. The summed E-state index contributed by atoms with van der Waals surface area (Å²) < 4.78 is 0. The summed E-state index contributed by atoms with van der Waals surface area (Å²) >= 11 is 0. The van der Waals surface area contributed by atoms with Crippen LogP contribution < -0.4 is 5.32 Å². The highest BCUT2D eigenvalue weighted by Crippen LogP contribution is 2.42. The van der Waals surface area contributed by atoms with Gasteiger partial charge in [0.1, 0.15) is 0 Å². The molecule has 2 bridgehead atoms. The van der Waals surface area contributed by atoms with Crippen molar-refractivity contribution in [1.29, 1.82) is 0 Å². The fourth-order valence-electron chi connectivity index (χ4n) is 2.78. The lowest BCUT2D eigenvalue weighted by molar-refractivity contribution is -0.123. The first-order valence-corrected chi connectivity index (χ1v) is 5.20. The van der Waals surface area contributed by atoms with Gasteiger partial charge in [0.25, 0.3) is 0 Å². The second-order valence-corrected chi connectivity index (χ2v) is 4.30. The van der Waals surface area contributed by atoms with Crippen molar-refractivity contribution in [2.75, 3.05) is 0 Å². The molecular weight excluding hydrogens is 174 g/mol. The van der Waals surface area contributed by atoms with Gasteiger partial charge in [0.05, 0.1) is 0 Å². The predicted molar refractivity (Wildman–Crippen MR) is 53.8 cm³/mol. The third kappa shape index (κ3) is 1.07. The highest BCUT2D eigenvalue weighted by molar-refractivity contribution is 5.83. The van der Waals surface area contributed by atoms with E-state index in [-0.39, 0.29) is 11.8 Å². The molecular formula is C12H13NO. The van der Waals surface area contributed by atoms with E-state index >= 15 is 0 Å². The van der Waals surface area contributed by atoms with Crippen molar-refractivity contribution >= 4 is 5.91 Å². The molecule has 2 fully saturated rings. The van der Waals surface area contributed by atoms with E-state index in [0.717, 1.165) is 12.8 Å². The SMILES string of the molecule is O=C1N[C@H]2C[C@H]1C[C@@H]2c1ccccc1. The van der Waals surface area contributed by atoms with Gasteiger partial charge in [0, 0.05) is 17.9 Å². The first-order valence-electron chi connectivity index (χ1n) is 5.20. The zero-order valence-corrected chi connectivity index (χ0v) is 7.94. The molecule has 3 rings (SSSR count). The molecule has 1 saturated carbocycles. The van der Waals surface area contributed by atoms with Crippen LogP contribution in [0, 0.1) is 5.92 Å². The number of rotatable bonds is 1. The molecule has 3 atom stereocenters. The van der Waals surface area contributed by atoms with Crippen LogP contribution in [0.4, 0.5) is 0 Å². The lowest BCUT2D eigenvalue weighted by atomic mass is 9.91. The summed E-state index contributed by atoms with van der Waals surface area (Å²) in [5.74, 6) is 1.10. The zero-order valence-electron chi connectivity index (χ0n) is 7.94. The maximum absolute atomic E-state index is 11.3. The van der Waals surface area contributed by atoms with E-state index in [4.69, 9.17) is 0 Å². The number of nitrogens with one attached hydrogen (secondary N) is 1. The smallest absolute Gasteiger partial charge is 0.223 e. The molecule has 2 aliphatic rings. The lowest BCUT2D eigenvalue weighted by Gasteiger charge is -2.22. The number of piperidine rings is 1. The molecule has 0 aromatic heterocycles. The quantitative estimate of drug-likeness (QED) is 0.712. The molecule has 14 heavy (non-hydrogen) atoms. The molecule has 1 aromatic rings. The van der Waals surface area contributed by atoms with Crippen LogP contribution in [-0.4, -0.2) is 11.9 Å². The molecule has 1 aromatic carbocycles. The minimum absolute atomic E-state index is 0.266. The van der Waals surface area contributed by atoms with Crippen LogP contribution in [0.5, 0.6) is 0 Å². The molecule has 1 N–H and O–H groups in total. The minimum Gasteiger partial charge on any atom is -0.352 e. The van der Waals surface area contributed by atoms with Gasteiger partial charge in [0.2, 0.25) is 5.91 Å². The van der Waals surface area contributed by atoms with Crippen molar-refractivity contribution in [3.05, 3.63) is 35.9 Å². The van der Waals surface area contributed by atoms with E-state index in [1.54, 1.807) is 0 Å².